The number of carbonyl (C=O) groups excluding carboxylic acids is 2. The first-order valence-electron chi connectivity index (χ1n) is 6.45. The number of hydrogen-bond donors (Lipinski definition) is 3. The third-order valence-electron chi connectivity index (χ3n) is 3.44. The summed E-state index contributed by atoms with van der Waals surface area (Å²) in [7, 11) is 0. The van der Waals surface area contributed by atoms with Gasteiger partial charge in [-0.1, -0.05) is 30.3 Å². The molecule has 0 spiro atoms. The minimum Gasteiger partial charge on any atom is -0.354 e. The van der Waals surface area contributed by atoms with Gasteiger partial charge in [0.2, 0.25) is 11.8 Å². The Kier molecular flexibility index (Phi) is 3.85. The lowest BCUT2D eigenvalue weighted by Crippen LogP contribution is -2.57. The highest BCUT2D eigenvalue weighted by Crippen LogP contribution is 2.18. The predicted octanol–water partition coefficient (Wildman–Crippen LogP) is 0.255. The second-order valence-corrected chi connectivity index (χ2v) is 5.03. The van der Waals surface area contributed by atoms with Crippen molar-refractivity contribution in [2.45, 2.75) is 31.3 Å². The van der Waals surface area contributed by atoms with Gasteiger partial charge in [-0.3, -0.25) is 9.59 Å². The van der Waals surface area contributed by atoms with E-state index in [9.17, 15) is 9.59 Å². The summed E-state index contributed by atoms with van der Waals surface area (Å²) in [5.74, 6) is -0.468. The summed E-state index contributed by atoms with van der Waals surface area (Å²) < 4.78 is 0. The minimum absolute atomic E-state index is 0.136. The van der Waals surface area contributed by atoms with E-state index in [1.807, 2.05) is 18.2 Å². The van der Waals surface area contributed by atoms with Gasteiger partial charge in [-0.15, -0.1) is 0 Å². The molecule has 2 atom stereocenters. The Morgan fingerprint density at radius 3 is 2.74 bits per heavy atom. The van der Waals surface area contributed by atoms with Crippen LogP contribution in [-0.4, -0.2) is 24.4 Å². The summed E-state index contributed by atoms with van der Waals surface area (Å²) in [6, 6.07) is 8.67. The average Bonchev–Trinajstić information content (AvgIpc) is 2.42. The molecule has 1 aliphatic heterocycles. The van der Waals surface area contributed by atoms with Crippen molar-refractivity contribution in [2.75, 3.05) is 6.54 Å². The van der Waals surface area contributed by atoms with Crippen LogP contribution in [0.2, 0.25) is 0 Å². The standard InChI is InChI=1S/C14H19N3O2/c1-14(15,10-6-3-2-4-7-10)13(19)17-11-8-5-9-16-12(11)18/h2-4,6-7,11H,5,8-9,15H2,1H3,(H,16,18)(H,17,19). The van der Waals surface area contributed by atoms with E-state index in [1.54, 1.807) is 19.1 Å². The summed E-state index contributed by atoms with van der Waals surface area (Å²) >= 11 is 0. The first-order chi connectivity index (χ1) is 9.01. The van der Waals surface area contributed by atoms with Crippen molar-refractivity contribution < 1.29 is 9.59 Å². The molecule has 5 heteroatoms. The monoisotopic (exact) mass is 261 g/mol. The van der Waals surface area contributed by atoms with Gasteiger partial charge in [0.05, 0.1) is 0 Å². The molecule has 2 rings (SSSR count). The van der Waals surface area contributed by atoms with E-state index >= 15 is 0 Å². The minimum atomic E-state index is -1.14. The molecule has 2 amide bonds. The van der Waals surface area contributed by atoms with Gasteiger partial charge < -0.3 is 16.4 Å². The first-order valence-corrected chi connectivity index (χ1v) is 6.45. The number of amides is 2. The molecule has 0 saturated carbocycles. The van der Waals surface area contributed by atoms with Gasteiger partial charge >= 0.3 is 0 Å². The number of benzene rings is 1. The zero-order valence-corrected chi connectivity index (χ0v) is 11.0. The molecule has 4 N–H and O–H groups in total. The molecule has 1 aromatic rings. The van der Waals surface area contributed by atoms with Crippen LogP contribution in [0.5, 0.6) is 0 Å². The molecule has 0 aliphatic carbocycles. The van der Waals surface area contributed by atoms with Crippen LogP contribution in [0.1, 0.15) is 25.3 Å². The number of carbonyl (C=O) groups is 2. The summed E-state index contributed by atoms with van der Waals surface area (Å²) in [4.78, 5) is 23.9. The summed E-state index contributed by atoms with van der Waals surface area (Å²) in [6.45, 7) is 2.32. The zero-order valence-electron chi connectivity index (χ0n) is 11.0. The predicted molar refractivity (Wildman–Crippen MR) is 72.2 cm³/mol. The second kappa shape index (κ2) is 5.40. The van der Waals surface area contributed by atoms with E-state index in [1.165, 1.54) is 0 Å². The van der Waals surface area contributed by atoms with Crippen LogP contribution >= 0.6 is 0 Å². The molecule has 1 saturated heterocycles. The van der Waals surface area contributed by atoms with E-state index in [0.717, 1.165) is 12.0 Å². The fourth-order valence-corrected chi connectivity index (χ4v) is 2.13. The number of piperidine rings is 1. The molecule has 5 nitrogen and oxygen atoms in total. The van der Waals surface area contributed by atoms with Gasteiger partial charge in [0.1, 0.15) is 11.6 Å². The summed E-state index contributed by atoms with van der Waals surface area (Å²) in [5, 5.41) is 5.47. The van der Waals surface area contributed by atoms with Crippen molar-refractivity contribution in [3.63, 3.8) is 0 Å². The molecule has 0 radical (unpaired) electrons. The maximum Gasteiger partial charge on any atom is 0.245 e. The molecule has 0 bridgehead atoms. The van der Waals surface area contributed by atoms with Crippen molar-refractivity contribution in [2.24, 2.45) is 5.73 Å². The van der Waals surface area contributed by atoms with Crippen LogP contribution in [0, 0.1) is 0 Å². The van der Waals surface area contributed by atoms with Gasteiger partial charge in [0.15, 0.2) is 0 Å². The van der Waals surface area contributed by atoms with Gasteiger partial charge in [-0.25, -0.2) is 0 Å². The molecular weight excluding hydrogens is 242 g/mol. The molecule has 1 aromatic carbocycles. The Labute approximate surface area is 112 Å². The lowest BCUT2D eigenvalue weighted by molar-refractivity contribution is -0.132. The van der Waals surface area contributed by atoms with E-state index in [4.69, 9.17) is 5.73 Å². The fraction of sp³-hybridized carbons (Fsp3) is 0.429. The Bertz CT molecular complexity index is 471. The van der Waals surface area contributed by atoms with Crippen LogP contribution in [-0.2, 0) is 15.1 Å². The number of hydrogen-bond acceptors (Lipinski definition) is 3. The van der Waals surface area contributed by atoms with Crippen LogP contribution in [0.3, 0.4) is 0 Å². The number of nitrogens with one attached hydrogen (secondary N) is 2. The van der Waals surface area contributed by atoms with E-state index in [2.05, 4.69) is 10.6 Å². The van der Waals surface area contributed by atoms with Gasteiger partial charge in [-0.2, -0.15) is 0 Å². The van der Waals surface area contributed by atoms with Crippen molar-refractivity contribution >= 4 is 11.8 Å². The maximum atomic E-state index is 12.3. The molecule has 1 fully saturated rings. The van der Waals surface area contributed by atoms with Crippen LogP contribution in [0.25, 0.3) is 0 Å². The summed E-state index contributed by atoms with van der Waals surface area (Å²) in [6.07, 6.45) is 1.52. The molecule has 1 heterocycles. The highest BCUT2D eigenvalue weighted by Gasteiger charge is 2.34. The van der Waals surface area contributed by atoms with E-state index in [-0.39, 0.29) is 11.8 Å². The molecule has 19 heavy (non-hydrogen) atoms. The Morgan fingerprint density at radius 1 is 1.42 bits per heavy atom. The smallest absolute Gasteiger partial charge is 0.245 e. The largest absolute Gasteiger partial charge is 0.354 e. The molecule has 1 aliphatic rings. The molecule has 2 unspecified atom stereocenters. The van der Waals surface area contributed by atoms with E-state index < -0.39 is 11.6 Å². The third-order valence-corrected chi connectivity index (χ3v) is 3.44. The number of nitrogens with two attached hydrogens (primary N) is 1. The van der Waals surface area contributed by atoms with Crippen molar-refractivity contribution in [1.82, 2.24) is 10.6 Å². The highest BCUT2D eigenvalue weighted by atomic mass is 16.2. The third kappa shape index (κ3) is 2.93. The van der Waals surface area contributed by atoms with Gasteiger partial charge in [0, 0.05) is 6.54 Å². The van der Waals surface area contributed by atoms with E-state index in [0.29, 0.717) is 13.0 Å². The highest BCUT2D eigenvalue weighted by molar-refractivity contribution is 5.92. The quantitative estimate of drug-likeness (QED) is 0.729. The maximum absolute atomic E-state index is 12.3. The zero-order chi connectivity index (χ0) is 13.9. The second-order valence-electron chi connectivity index (χ2n) is 5.03. The van der Waals surface area contributed by atoms with Crippen molar-refractivity contribution in [3.05, 3.63) is 35.9 Å². The Morgan fingerprint density at radius 2 is 2.11 bits per heavy atom. The summed E-state index contributed by atoms with van der Waals surface area (Å²) in [5.41, 5.74) is 5.69. The van der Waals surface area contributed by atoms with Crippen molar-refractivity contribution in [1.29, 1.82) is 0 Å². The Hall–Kier alpha value is -1.88. The van der Waals surface area contributed by atoms with Gasteiger partial charge in [-0.05, 0) is 25.3 Å². The molecule has 0 aromatic heterocycles. The van der Waals surface area contributed by atoms with Crippen molar-refractivity contribution in [3.8, 4) is 0 Å². The average molecular weight is 261 g/mol. The van der Waals surface area contributed by atoms with Crippen LogP contribution in [0.4, 0.5) is 0 Å². The SMILES string of the molecule is CC(N)(C(=O)NC1CCCNC1=O)c1ccccc1. The van der Waals surface area contributed by atoms with Crippen LogP contribution in [0.15, 0.2) is 30.3 Å². The fourth-order valence-electron chi connectivity index (χ4n) is 2.13. The number of rotatable bonds is 3. The van der Waals surface area contributed by atoms with Crippen LogP contribution < -0.4 is 16.4 Å². The normalized spacial score (nSPS) is 22.2. The molecule has 102 valence electrons. The Balaban J connectivity index is 2.08. The molecular formula is C14H19N3O2. The van der Waals surface area contributed by atoms with Gasteiger partial charge in [0.25, 0.3) is 0 Å². The lowest BCUT2D eigenvalue weighted by Gasteiger charge is -2.29. The lowest BCUT2D eigenvalue weighted by atomic mass is 9.91. The topological polar surface area (TPSA) is 84.2 Å². The first kappa shape index (κ1) is 13.5.